The summed E-state index contributed by atoms with van der Waals surface area (Å²) in [4.78, 5) is 0. The first-order valence-electron chi connectivity index (χ1n) is 0. The maximum atomic E-state index is 0. The van der Waals surface area contributed by atoms with Gasteiger partial charge in [0.25, 0.3) is 0 Å². The molecular formula is CuPbWZn. The Morgan fingerprint density at radius 1 is 1.00 bits per heavy atom. The Labute approximate surface area is 83.5 Å². The topological polar surface area (TPSA) is 0 Å². The second-order valence-electron chi connectivity index (χ2n) is 0. The predicted octanol–water partition coefficient (Wildman–Crippen LogP) is -0.388. The molecule has 0 unspecified atom stereocenters. The average Bonchev–Trinajstić information content (AvgIpc) is 0. The quantitative estimate of drug-likeness (QED) is 0.383. The first-order chi connectivity index (χ1) is 0. The Hall–Kier alpha value is 2.75. The van der Waals surface area contributed by atoms with Gasteiger partial charge in [0.15, 0.2) is 0 Å². The number of hydrogen-bond acceptors (Lipinski definition) is 0. The summed E-state index contributed by atoms with van der Waals surface area (Å²) in [6.07, 6.45) is 0. The van der Waals surface area contributed by atoms with E-state index < -0.39 is 0 Å². The van der Waals surface area contributed by atoms with Crippen LogP contribution in [-0.4, -0.2) is 27.3 Å². The summed E-state index contributed by atoms with van der Waals surface area (Å²) in [5.74, 6) is 0. The fourth-order valence-electron chi connectivity index (χ4n) is 0. The van der Waals surface area contributed by atoms with Crippen molar-refractivity contribution >= 4 is 27.3 Å². The number of rotatable bonds is 0. The molecule has 0 aromatic heterocycles. The zero-order valence-corrected chi connectivity index (χ0v) is 12.6. The van der Waals surface area contributed by atoms with Gasteiger partial charge in [0.05, 0.1) is 0 Å². The third kappa shape index (κ3) is 8.83. The monoisotopic (exact) mass is 519 g/mol. The summed E-state index contributed by atoms with van der Waals surface area (Å²) in [5.41, 5.74) is 0. The van der Waals surface area contributed by atoms with Crippen molar-refractivity contribution in [3.05, 3.63) is 0 Å². The van der Waals surface area contributed by atoms with E-state index in [1.165, 1.54) is 0 Å². The molecule has 0 saturated heterocycles. The molecule has 0 heterocycles. The van der Waals surface area contributed by atoms with Crippen molar-refractivity contribution in [3.63, 3.8) is 0 Å². The molecule has 23 valence electrons. The first kappa shape index (κ1) is 29.5. The third-order valence-electron chi connectivity index (χ3n) is 0. The summed E-state index contributed by atoms with van der Waals surface area (Å²) in [6, 6.07) is 0. The van der Waals surface area contributed by atoms with Crippen LogP contribution in [0.15, 0.2) is 0 Å². The van der Waals surface area contributed by atoms with E-state index in [0.717, 1.165) is 0 Å². The van der Waals surface area contributed by atoms with E-state index >= 15 is 0 Å². The van der Waals surface area contributed by atoms with Gasteiger partial charge >= 0.3 is 0 Å². The van der Waals surface area contributed by atoms with E-state index in [2.05, 4.69) is 0 Å². The van der Waals surface area contributed by atoms with Gasteiger partial charge in [-0.3, -0.25) is 0 Å². The van der Waals surface area contributed by atoms with Gasteiger partial charge in [0, 0.05) is 84.9 Å². The summed E-state index contributed by atoms with van der Waals surface area (Å²) < 4.78 is 0. The van der Waals surface area contributed by atoms with Crippen LogP contribution in [0.3, 0.4) is 0 Å². The van der Waals surface area contributed by atoms with Gasteiger partial charge in [-0.15, -0.1) is 0 Å². The second kappa shape index (κ2) is 17.1. The standard InChI is InChI=1S/Cu.Pb.W.Zn. The van der Waals surface area contributed by atoms with Crippen molar-refractivity contribution in [1.29, 1.82) is 0 Å². The zero-order valence-electron chi connectivity index (χ0n) is 1.92. The molecule has 4 heteroatoms. The van der Waals surface area contributed by atoms with Crippen molar-refractivity contribution in [2.75, 3.05) is 0 Å². The van der Waals surface area contributed by atoms with Crippen LogP contribution >= 0.6 is 0 Å². The minimum absolute atomic E-state index is 0. The first-order valence-corrected chi connectivity index (χ1v) is 0. The van der Waals surface area contributed by atoms with Gasteiger partial charge in [-0.1, -0.05) is 0 Å². The van der Waals surface area contributed by atoms with E-state index in [-0.39, 0.29) is 84.9 Å². The van der Waals surface area contributed by atoms with Crippen LogP contribution in [0.2, 0.25) is 0 Å². The SMILES string of the molecule is [Cu].[Pb].[W].[Zn]. The molecule has 0 fully saturated rings. The van der Waals surface area contributed by atoms with Crippen LogP contribution in [0.4, 0.5) is 0 Å². The molecule has 0 atom stereocenters. The fourth-order valence-corrected chi connectivity index (χ4v) is 0. The van der Waals surface area contributed by atoms with Gasteiger partial charge in [-0.2, -0.15) is 0 Å². The molecule has 0 aromatic carbocycles. The van der Waals surface area contributed by atoms with Crippen LogP contribution < -0.4 is 0 Å². The molecule has 0 N–H and O–H groups in total. The summed E-state index contributed by atoms with van der Waals surface area (Å²) in [5, 5.41) is 0. The minimum atomic E-state index is 0. The fraction of sp³-hybridized carbons (Fsp3) is 0. The van der Waals surface area contributed by atoms with Crippen LogP contribution in [0.25, 0.3) is 0 Å². The molecule has 0 aliphatic rings. The van der Waals surface area contributed by atoms with Gasteiger partial charge in [0.2, 0.25) is 0 Å². The molecule has 4 heavy (non-hydrogen) atoms. The van der Waals surface area contributed by atoms with Crippen molar-refractivity contribution in [1.82, 2.24) is 0 Å². The second-order valence-corrected chi connectivity index (χ2v) is 0. The van der Waals surface area contributed by atoms with Crippen LogP contribution in [-0.2, 0) is 57.6 Å². The van der Waals surface area contributed by atoms with E-state index in [9.17, 15) is 0 Å². The molecule has 0 aliphatic carbocycles. The van der Waals surface area contributed by atoms with Gasteiger partial charge in [0.1, 0.15) is 0 Å². The average molecular weight is 520 g/mol. The van der Waals surface area contributed by atoms with E-state index in [1.54, 1.807) is 0 Å². The zero-order chi connectivity index (χ0) is 0. The Morgan fingerprint density at radius 3 is 1.00 bits per heavy atom. The smallest absolute Gasteiger partial charge is 0 e. The van der Waals surface area contributed by atoms with Crippen molar-refractivity contribution in [3.8, 4) is 0 Å². The van der Waals surface area contributed by atoms with Crippen LogP contribution in [0.5, 0.6) is 0 Å². The van der Waals surface area contributed by atoms with Crippen molar-refractivity contribution in [2.24, 2.45) is 0 Å². The summed E-state index contributed by atoms with van der Waals surface area (Å²) >= 11 is 0. The minimum Gasteiger partial charge on any atom is 0 e. The van der Waals surface area contributed by atoms with E-state index in [0.29, 0.717) is 0 Å². The van der Waals surface area contributed by atoms with E-state index in [1.807, 2.05) is 0 Å². The van der Waals surface area contributed by atoms with Gasteiger partial charge in [-0.25, -0.2) is 0 Å². The Morgan fingerprint density at radius 2 is 1.00 bits per heavy atom. The predicted molar refractivity (Wildman–Crippen MR) is 5.75 cm³/mol. The normalized spacial score (nSPS) is 0. The van der Waals surface area contributed by atoms with Crippen molar-refractivity contribution in [2.45, 2.75) is 0 Å². The molecular weight excluding hydrogens is 520 g/mol. The maximum absolute atomic E-state index is 0. The molecule has 0 amide bonds. The molecule has 0 aromatic rings. The Bertz CT molecular complexity index is 8.00. The summed E-state index contributed by atoms with van der Waals surface area (Å²) in [6.45, 7) is 0. The summed E-state index contributed by atoms with van der Waals surface area (Å²) in [7, 11) is 0. The molecule has 0 saturated carbocycles. The number of hydrogen-bond donors (Lipinski definition) is 0. The third-order valence-corrected chi connectivity index (χ3v) is 0. The van der Waals surface area contributed by atoms with Crippen molar-refractivity contribution < 1.29 is 57.6 Å². The largest absolute Gasteiger partial charge is 0 e. The Kier molecular flexibility index (Phi) is 126. The van der Waals surface area contributed by atoms with E-state index in [4.69, 9.17) is 0 Å². The molecule has 0 spiro atoms. The Balaban J connectivity index is 0. The van der Waals surface area contributed by atoms with Gasteiger partial charge < -0.3 is 0 Å². The molecule has 0 rings (SSSR count). The molecule has 0 bridgehead atoms. The maximum Gasteiger partial charge on any atom is 0 e. The van der Waals surface area contributed by atoms with Crippen LogP contribution in [0.1, 0.15) is 0 Å². The molecule has 0 aliphatic heterocycles. The molecule has 5 radical (unpaired) electrons. The molecule has 0 nitrogen and oxygen atoms in total. The van der Waals surface area contributed by atoms with Crippen LogP contribution in [0, 0.1) is 0 Å². The van der Waals surface area contributed by atoms with Gasteiger partial charge in [-0.05, 0) is 0 Å².